The van der Waals surface area contributed by atoms with Gasteiger partial charge in [-0.3, -0.25) is 0 Å². The van der Waals surface area contributed by atoms with Crippen molar-refractivity contribution in [3.05, 3.63) is 42.5 Å². The third-order valence-electron chi connectivity index (χ3n) is 3.80. The molecule has 2 aromatic rings. The van der Waals surface area contributed by atoms with Gasteiger partial charge in [0.05, 0.1) is 8.07 Å². The second kappa shape index (κ2) is 8.15. The second-order valence-corrected chi connectivity index (χ2v) is 13.4. The Morgan fingerprint density at radius 3 is 2.25 bits per heavy atom. The SMILES string of the molecule is COCOc1c(Pc2ccccc2N(C)C)cccc1[Si](C)(C)C. The van der Waals surface area contributed by atoms with Crippen LogP contribution in [-0.2, 0) is 4.74 Å². The second-order valence-electron chi connectivity index (χ2n) is 7.02. The van der Waals surface area contributed by atoms with Gasteiger partial charge in [-0.2, -0.15) is 0 Å². The third-order valence-corrected chi connectivity index (χ3v) is 7.16. The number of benzene rings is 2. The fourth-order valence-corrected chi connectivity index (χ4v) is 5.63. The zero-order valence-electron chi connectivity index (χ0n) is 15.5. The summed E-state index contributed by atoms with van der Waals surface area (Å²) >= 11 is 0. The summed E-state index contributed by atoms with van der Waals surface area (Å²) in [5, 5.41) is 3.94. The molecular formula is C19H28NO2PSi. The molecule has 0 heterocycles. The van der Waals surface area contributed by atoms with Gasteiger partial charge in [0.15, 0.2) is 6.79 Å². The summed E-state index contributed by atoms with van der Waals surface area (Å²) in [5.74, 6) is 1.02. The Kier molecular flexibility index (Phi) is 6.45. The molecule has 1 atom stereocenters. The minimum absolute atomic E-state index is 0.286. The summed E-state index contributed by atoms with van der Waals surface area (Å²) in [5.41, 5.74) is 1.26. The molecule has 130 valence electrons. The molecule has 5 heteroatoms. The van der Waals surface area contributed by atoms with Crippen molar-refractivity contribution in [3.63, 3.8) is 0 Å². The first-order valence-electron chi connectivity index (χ1n) is 8.13. The number of hydrogen-bond donors (Lipinski definition) is 0. The number of nitrogens with zero attached hydrogens (tertiary/aromatic N) is 1. The van der Waals surface area contributed by atoms with Crippen molar-refractivity contribution in [2.45, 2.75) is 19.6 Å². The van der Waals surface area contributed by atoms with Crippen LogP contribution in [0.2, 0.25) is 19.6 Å². The van der Waals surface area contributed by atoms with Crippen molar-refractivity contribution >= 4 is 38.1 Å². The number of methoxy groups -OCH3 is 1. The molecule has 0 aliphatic rings. The smallest absolute Gasteiger partial charge is 0.188 e. The standard InChI is InChI=1S/C19H28NO2PSi/c1-20(2)15-10-7-8-11-16(15)23-17-12-9-13-18(24(4,5)6)19(17)22-14-21-3/h7-13,23H,14H2,1-6H3. The molecule has 2 aromatic carbocycles. The van der Waals surface area contributed by atoms with E-state index in [2.05, 4.69) is 81.1 Å². The molecule has 3 nitrogen and oxygen atoms in total. The predicted octanol–water partition coefficient (Wildman–Crippen LogP) is 2.91. The van der Waals surface area contributed by atoms with Crippen LogP contribution in [0.4, 0.5) is 5.69 Å². The Bertz CT molecular complexity index is 683. The van der Waals surface area contributed by atoms with Crippen LogP contribution in [0.15, 0.2) is 42.5 Å². The first kappa shape index (κ1) is 19.0. The Morgan fingerprint density at radius 1 is 0.958 bits per heavy atom. The maximum atomic E-state index is 6.02. The Labute approximate surface area is 148 Å². The predicted molar refractivity (Wildman–Crippen MR) is 110 cm³/mol. The summed E-state index contributed by atoms with van der Waals surface area (Å²) in [4.78, 5) is 2.17. The van der Waals surface area contributed by atoms with Gasteiger partial charge in [-0.25, -0.2) is 0 Å². The Morgan fingerprint density at radius 2 is 1.62 bits per heavy atom. The summed E-state index contributed by atoms with van der Waals surface area (Å²) < 4.78 is 11.2. The summed E-state index contributed by atoms with van der Waals surface area (Å²) in [6.07, 6.45) is 0. The van der Waals surface area contributed by atoms with Gasteiger partial charge in [-0.15, -0.1) is 0 Å². The van der Waals surface area contributed by atoms with Crippen molar-refractivity contribution in [2.75, 3.05) is 32.9 Å². The quantitative estimate of drug-likeness (QED) is 0.430. The molecule has 24 heavy (non-hydrogen) atoms. The first-order valence-corrected chi connectivity index (χ1v) is 12.6. The van der Waals surface area contributed by atoms with Crippen molar-refractivity contribution in [1.82, 2.24) is 0 Å². The molecule has 0 radical (unpaired) electrons. The van der Waals surface area contributed by atoms with Crippen LogP contribution >= 0.6 is 8.58 Å². The molecule has 0 aromatic heterocycles. The lowest BCUT2D eigenvalue weighted by atomic mass is 10.3. The number of hydrogen-bond acceptors (Lipinski definition) is 3. The van der Waals surface area contributed by atoms with E-state index in [1.54, 1.807) is 7.11 Å². The Balaban J connectivity index is 2.47. The highest BCUT2D eigenvalue weighted by Gasteiger charge is 2.23. The van der Waals surface area contributed by atoms with Gasteiger partial charge in [0.25, 0.3) is 0 Å². The van der Waals surface area contributed by atoms with Crippen LogP contribution in [-0.4, -0.2) is 36.1 Å². The fraction of sp³-hybridized carbons (Fsp3) is 0.368. The van der Waals surface area contributed by atoms with Crippen molar-refractivity contribution in [2.24, 2.45) is 0 Å². The van der Waals surface area contributed by atoms with E-state index in [1.807, 2.05) is 0 Å². The molecule has 0 saturated carbocycles. The molecule has 0 bridgehead atoms. The molecule has 0 spiro atoms. The monoisotopic (exact) mass is 361 g/mol. The van der Waals surface area contributed by atoms with Gasteiger partial charge in [-0.05, 0) is 11.3 Å². The highest BCUT2D eigenvalue weighted by Crippen LogP contribution is 2.24. The van der Waals surface area contributed by atoms with Gasteiger partial charge in [0, 0.05) is 37.5 Å². The van der Waals surface area contributed by atoms with E-state index in [-0.39, 0.29) is 6.79 Å². The summed E-state index contributed by atoms with van der Waals surface area (Å²) in [7, 11) is 4.90. The molecule has 0 N–H and O–H groups in total. The lowest BCUT2D eigenvalue weighted by Gasteiger charge is -2.24. The van der Waals surface area contributed by atoms with Crippen LogP contribution in [0, 0.1) is 0 Å². The van der Waals surface area contributed by atoms with Crippen molar-refractivity contribution < 1.29 is 9.47 Å². The van der Waals surface area contributed by atoms with Crippen LogP contribution in [0.5, 0.6) is 5.75 Å². The molecule has 2 rings (SSSR count). The molecular weight excluding hydrogens is 333 g/mol. The highest BCUT2D eigenvalue weighted by molar-refractivity contribution is 7.56. The maximum absolute atomic E-state index is 6.02. The Hall–Kier alpha value is -1.35. The molecule has 0 amide bonds. The molecule has 0 aliphatic heterocycles. The van der Waals surface area contributed by atoms with Gasteiger partial charge >= 0.3 is 0 Å². The molecule has 0 saturated heterocycles. The molecule has 0 fully saturated rings. The van der Waals surface area contributed by atoms with Gasteiger partial charge in [0.2, 0.25) is 0 Å². The molecule has 0 aliphatic carbocycles. The zero-order chi connectivity index (χ0) is 17.7. The number of rotatable bonds is 7. The van der Waals surface area contributed by atoms with Gasteiger partial charge < -0.3 is 14.4 Å². The minimum Gasteiger partial charge on any atom is -0.467 e. The van der Waals surface area contributed by atoms with Gasteiger partial charge in [0.1, 0.15) is 5.75 Å². The lowest BCUT2D eigenvalue weighted by molar-refractivity contribution is 0.0526. The highest BCUT2D eigenvalue weighted by atomic mass is 31.1. The number of ether oxygens (including phenoxy) is 2. The molecule has 1 unspecified atom stereocenters. The summed E-state index contributed by atoms with van der Waals surface area (Å²) in [6.45, 7) is 7.34. The zero-order valence-corrected chi connectivity index (χ0v) is 17.5. The van der Waals surface area contributed by atoms with E-state index in [9.17, 15) is 0 Å². The van der Waals surface area contributed by atoms with Crippen LogP contribution in [0.3, 0.4) is 0 Å². The third kappa shape index (κ3) is 4.59. The van der Waals surface area contributed by atoms with E-state index in [0.29, 0.717) is 8.58 Å². The topological polar surface area (TPSA) is 21.7 Å². The average molecular weight is 361 g/mol. The minimum atomic E-state index is -1.50. The van der Waals surface area contributed by atoms with E-state index >= 15 is 0 Å². The number of para-hydroxylation sites is 2. The van der Waals surface area contributed by atoms with Gasteiger partial charge in [-0.1, -0.05) is 64.6 Å². The van der Waals surface area contributed by atoms with E-state index in [1.165, 1.54) is 21.5 Å². The largest absolute Gasteiger partial charge is 0.467 e. The van der Waals surface area contributed by atoms with Crippen molar-refractivity contribution in [3.8, 4) is 5.75 Å². The van der Waals surface area contributed by atoms with Crippen LogP contribution in [0.1, 0.15) is 0 Å². The summed E-state index contributed by atoms with van der Waals surface area (Å²) in [6, 6.07) is 15.1. The first-order chi connectivity index (χ1) is 11.3. The number of anilines is 1. The maximum Gasteiger partial charge on any atom is 0.188 e. The van der Waals surface area contributed by atoms with Crippen LogP contribution < -0.4 is 25.4 Å². The normalized spacial score (nSPS) is 11.9. The van der Waals surface area contributed by atoms with Crippen LogP contribution in [0.25, 0.3) is 0 Å². The fourth-order valence-electron chi connectivity index (χ4n) is 2.61. The van der Waals surface area contributed by atoms with E-state index < -0.39 is 8.07 Å². The van der Waals surface area contributed by atoms with E-state index in [4.69, 9.17) is 9.47 Å². The van der Waals surface area contributed by atoms with E-state index in [0.717, 1.165) is 5.75 Å². The lowest BCUT2D eigenvalue weighted by Crippen LogP contribution is -2.40. The van der Waals surface area contributed by atoms with Crippen molar-refractivity contribution in [1.29, 1.82) is 0 Å². The average Bonchev–Trinajstić information content (AvgIpc) is 2.53.